The van der Waals surface area contributed by atoms with Crippen molar-refractivity contribution >= 4 is 0 Å². The summed E-state index contributed by atoms with van der Waals surface area (Å²) in [4.78, 5) is 4.48. The Balaban J connectivity index is 2.07. The van der Waals surface area contributed by atoms with Gasteiger partial charge in [-0.05, 0) is 38.0 Å². The molecule has 1 fully saturated rings. The van der Waals surface area contributed by atoms with Crippen molar-refractivity contribution in [2.45, 2.75) is 71.4 Å². The van der Waals surface area contributed by atoms with Crippen molar-refractivity contribution in [1.82, 2.24) is 9.55 Å². The molecule has 0 aromatic carbocycles. The number of hydrogen-bond acceptors (Lipinski definition) is 2. The zero-order valence-corrected chi connectivity index (χ0v) is 12.1. The van der Waals surface area contributed by atoms with Gasteiger partial charge in [0.1, 0.15) is 5.82 Å². The van der Waals surface area contributed by atoms with E-state index in [1.807, 2.05) is 6.20 Å². The van der Waals surface area contributed by atoms with E-state index in [1.54, 1.807) is 0 Å². The lowest BCUT2D eigenvalue weighted by Crippen LogP contribution is -2.42. The van der Waals surface area contributed by atoms with E-state index < -0.39 is 0 Å². The van der Waals surface area contributed by atoms with E-state index in [-0.39, 0.29) is 5.54 Å². The molecule has 0 saturated heterocycles. The minimum atomic E-state index is -0.0496. The Morgan fingerprint density at radius 1 is 1.28 bits per heavy atom. The highest BCUT2D eigenvalue weighted by Gasteiger charge is 2.33. The van der Waals surface area contributed by atoms with E-state index >= 15 is 0 Å². The number of rotatable bonds is 3. The predicted molar refractivity (Wildman–Crippen MR) is 75.4 cm³/mol. The summed E-state index contributed by atoms with van der Waals surface area (Å²) in [5.74, 6) is 1.15. The van der Waals surface area contributed by atoms with Crippen molar-refractivity contribution in [2.24, 2.45) is 11.1 Å². The van der Waals surface area contributed by atoms with Crippen LogP contribution in [0.25, 0.3) is 0 Å². The fraction of sp³-hybridized carbons (Fsp3) is 0.800. The van der Waals surface area contributed by atoms with Gasteiger partial charge in [-0.2, -0.15) is 0 Å². The molecule has 3 nitrogen and oxygen atoms in total. The highest BCUT2D eigenvalue weighted by atomic mass is 15.1. The topological polar surface area (TPSA) is 43.8 Å². The van der Waals surface area contributed by atoms with Crippen molar-refractivity contribution in [3.05, 3.63) is 18.2 Å². The first-order chi connectivity index (χ1) is 8.44. The van der Waals surface area contributed by atoms with Crippen molar-refractivity contribution < 1.29 is 0 Å². The molecule has 1 saturated carbocycles. The summed E-state index contributed by atoms with van der Waals surface area (Å²) in [6.07, 6.45) is 10.9. The standard InChI is InChI=1S/C15H27N3/c1-4-18-11-10-17-13(18)12-15(16)7-5-6-14(2,3)8-9-15/h10-11H,4-9,12,16H2,1-3H3. The zero-order valence-electron chi connectivity index (χ0n) is 12.1. The molecule has 0 radical (unpaired) electrons. The number of aromatic nitrogens is 2. The fourth-order valence-electron chi connectivity index (χ4n) is 3.04. The van der Waals surface area contributed by atoms with E-state index in [1.165, 1.54) is 19.3 Å². The summed E-state index contributed by atoms with van der Waals surface area (Å²) in [7, 11) is 0. The molecule has 1 aliphatic rings. The highest BCUT2D eigenvalue weighted by molar-refractivity contribution is 5.02. The molecular weight excluding hydrogens is 222 g/mol. The Hall–Kier alpha value is -0.830. The van der Waals surface area contributed by atoms with Crippen LogP contribution in [0.4, 0.5) is 0 Å². The quantitative estimate of drug-likeness (QED) is 0.836. The van der Waals surface area contributed by atoms with Gasteiger partial charge in [0, 0.05) is 30.9 Å². The number of hydrogen-bond donors (Lipinski definition) is 1. The Bertz CT molecular complexity index is 394. The number of aryl methyl sites for hydroxylation is 1. The Morgan fingerprint density at radius 3 is 2.78 bits per heavy atom. The molecule has 18 heavy (non-hydrogen) atoms. The second-order valence-electron chi connectivity index (χ2n) is 6.69. The largest absolute Gasteiger partial charge is 0.335 e. The van der Waals surface area contributed by atoms with Crippen LogP contribution < -0.4 is 5.73 Å². The second-order valence-corrected chi connectivity index (χ2v) is 6.69. The molecule has 1 unspecified atom stereocenters. The van der Waals surface area contributed by atoms with Gasteiger partial charge in [0.25, 0.3) is 0 Å². The molecule has 1 aromatic heterocycles. The summed E-state index contributed by atoms with van der Waals surface area (Å²) < 4.78 is 2.21. The predicted octanol–water partition coefficient (Wildman–Crippen LogP) is 3.13. The van der Waals surface area contributed by atoms with Crippen LogP contribution in [0.5, 0.6) is 0 Å². The second kappa shape index (κ2) is 5.04. The lowest BCUT2D eigenvalue weighted by molar-refractivity contribution is 0.294. The van der Waals surface area contributed by atoms with Crippen LogP contribution in [-0.2, 0) is 13.0 Å². The zero-order chi connectivity index (χ0) is 13.2. The third-order valence-electron chi connectivity index (χ3n) is 4.48. The van der Waals surface area contributed by atoms with Crippen molar-refractivity contribution in [2.75, 3.05) is 0 Å². The highest BCUT2D eigenvalue weighted by Crippen LogP contribution is 2.38. The Labute approximate surface area is 111 Å². The third kappa shape index (κ3) is 3.14. The van der Waals surface area contributed by atoms with Crippen LogP contribution in [0.1, 0.15) is 58.7 Å². The van der Waals surface area contributed by atoms with E-state index in [4.69, 9.17) is 5.73 Å². The molecule has 0 bridgehead atoms. The minimum absolute atomic E-state index is 0.0496. The summed E-state index contributed by atoms with van der Waals surface area (Å²) in [6, 6.07) is 0. The molecule has 1 aliphatic carbocycles. The molecule has 102 valence electrons. The normalized spacial score (nSPS) is 28.0. The third-order valence-corrected chi connectivity index (χ3v) is 4.48. The molecule has 3 heteroatoms. The van der Waals surface area contributed by atoms with Crippen LogP contribution in [0, 0.1) is 5.41 Å². The summed E-state index contributed by atoms with van der Waals surface area (Å²) in [5.41, 5.74) is 7.05. The molecule has 1 heterocycles. The van der Waals surface area contributed by atoms with Crippen molar-refractivity contribution in [1.29, 1.82) is 0 Å². The fourth-order valence-corrected chi connectivity index (χ4v) is 3.04. The SMILES string of the molecule is CCn1ccnc1CC1(N)CCCC(C)(C)CC1. The molecule has 2 rings (SSSR count). The molecule has 1 aromatic rings. The van der Waals surface area contributed by atoms with E-state index in [9.17, 15) is 0 Å². The Kier molecular flexibility index (Phi) is 3.81. The first-order valence-corrected chi connectivity index (χ1v) is 7.23. The molecule has 0 aliphatic heterocycles. The first-order valence-electron chi connectivity index (χ1n) is 7.23. The van der Waals surface area contributed by atoms with Gasteiger partial charge in [-0.3, -0.25) is 0 Å². The minimum Gasteiger partial charge on any atom is -0.335 e. The van der Waals surface area contributed by atoms with E-state index in [0.29, 0.717) is 5.41 Å². The van der Waals surface area contributed by atoms with Gasteiger partial charge in [-0.15, -0.1) is 0 Å². The van der Waals surface area contributed by atoms with Crippen molar-refractivity contribution in [3.8, 4) is 0 Å². The van der Waals surface area contributed by atoms with Gasteiger partial charge in [-0.25, -0.2) is 4.98 Å². The van der Waals surface area contributed by atoms with Gasteiger partial charge in [0.15, 0.2) is 0 Å². The van der Waals surface area contributed by atoms with E-state index in [0.717, 1.165) is 31.6 Å². The first kappa shape index (κ1) is 13.6. The van der Waals surface area contributed by atoms with Crippen LogP contribution in [0.3, 0.4) is 0 Å². The maximum absolute atomic E-state index is 6.64. The number of nitrogens with two attached hydrogens (primary N) is 1. The molecule has 1 atom stereocenters. The van der Waals surface area contributed by atoms with Gasteiger partial charge in [0.05, 0.1) is 0 Å². The maximum Gasteiger partial charge on any atom is 0.110 e. The molecular formula is C15H27N3. The molecule has 0 spiro atoms. The lowest BCUT2D eigenvalue weighted by Gasteiger charge is -2.29. The molecule has 2 N–H and O–H groups in total. The smallest absolute Gasteiger partial charge is 0.110 e. The van der Waals surface area contributed by atoms with Crippen molar-refractivity contribution in [3.63, 3.8) is 0 Å². The number of imidazole rings is 1. The average Bonchev–Trinajstić information content (AvgIpc) is 2.68. The van der Waals surface area contributed by atoms with Gasteiger partial charge < -0.3 is 10.3 Å². The van der Waals surface area contributed by atoms with Crippen LogP contribution in [-0.4, -0.2) is 15.1 Å². The average molecular weight is 249 g/mol. The van der Waals surface area contributed by atoms with Gasteiger partial charge >= 0.3 is 0 Å². The molecule has 0 amide bonds. The maximum atomic E-state index is 6.64. The summed E-state index contributed by atoms with van der Waals surface area (Å²) in [5, 5.41) is 0. The lowest BCUT2D eigenvalue weighted by atomic mass is 9.83. The van der Waals surface area contributed by atoms with Crippen LogP contribution in [0.15, 0.2) is 12.4 Å². The summed E-state index contributed by atoms with van der Waals surface area (Å²) >= 11 is 0. The van der Waals surface area contributed by atoms with E-state index in [2.05, 4.69) is 36.5 Å². The summed E-state index contributed by atoms with van der Waals surface area (Å²) in [6.45, 7) is 7.87. The Morgan fingerprint density at radius 2 is 2.06 bits per heavy atom. The van der Waals surface area contributed by atoms with Crippen LogP contribution >= 0.6 is 0 Å². The van der Waals surface area contributed by atoms with Gasteiger partial charge in [-0.1, -0.05) is 20.3 Å². The van der Waals surface area contributed by atoms with Gasteiger partial charge in [0.2, 0.25) is 0 Å². The number of nitrogens with zero attached hydrogens (tertiary/aromatic N) is 2. The monoisotopic (exact) mass is 249 g/mol. The van der Waals surface area contributed by atoms with Crippen LogP contribution in [0.2, 0.25) is 0 Å².